The van der Waals surface area contributed by atoms with Gasteiger partial charge < -0.3 is 9.88 Å². The lowest BCUT2D eigenvalue weighted by Crippen LogP contribution is -2.45. The highest BCUT2D eigenvalue weighted by Crippen LogP contribution is 2.37. The van der Waals surface area contributed by atoms with E-state index in [-0.39, 0.29) is 0 Å². The largest absolute Gasteiger partial charge is 0.330 e. The maximum atomic E-state index is 4.40. The van der Waals surface area contributed by atoms with Crippen LogP contribution in [0.4, 0.5) is 0 Å². The Morgan fingerprint density at radius 3 is 2.78 bits per heavy atom. The molecular formula is C15H27N3. The van der Waals surface area contributed by atoms with Crippen LogP contribution in [-0.4, -0.2) is 22.1 Å². The van der Waals surface area contributed by atoms with Crippen molar-refractivity contribution in [1.82, 2.24) is 14.9 Å². The van der Waals surface area contributed by atoms with Gasteiger partial charge in [-0.2, -0.15) is 0 Å². The standard InChI is InChI=1S/C15H27N3/c1-5-6-17-14-10-11(2)9-12(3)15(14)18-8-7-16-13(18)4/h7-8,11-12,14-15,17H,5-6,9-10H2,1-4H3. The molecule has 0 aliphatic heterocycles. The molecule has 1 fully saturated rings. The van der Waals surface area contributed by atoms with Gasteiger partial charge in [0.05, 0.1) is 6.04 Å². The summed E-state index contributed by atoms with van der Waals surface area (Å²) >= 11 is 0. The minimum absolute atomic E-state index is 0.565. The van der Waals surface area contributed by atoms with E-state index in [1.54, 1.807) is 0 Å². The van der Waals surface area contributed by atoms with Gasteiger partial charge in [0.25, 0.3) is 0 Å². The number of imidazole rings is 1. The molecule has 0 saturated heterocycles. The fraction of sp³-hybridized carbons (Fsp3) is 0.800. The Hall–Kier alpha value is -0.830. The molecule has 3 heteroatoms. The van der Waals surface area contributed by atoms with Crippen molar-refractivity contribution >= 4 is 0 Å². The Labute approximate surface area is 111 Å². The van der Waals surface area contributed by atoms with Crippen LogP contribution in [0.5, 0.6) is 0 Å². The third-order valence-electron chi connectivity index (χ3n) is 4.27. The van der Waals surface area contributed by atoms with E-state index in [4.69, 9.17) is 0 Å². The maximum Gasteiger partial charge on any atom is 0.105 e. The zero-order chi connectivity index (χ0) is 13.1. The van der Waals surface area contributed by atoms with Crippen molar-refractivity contribution < 1.29 is 0 Å². The summed E-state index contributed by atoms with van der Waals surface area (Å²) < 4.78 is 2.38. The van der Waals surface area contributed by atoms with Gasteiger partial charge in [0.2, 0.25) is 0 Å². The summed E-state index contributed by atoms with van der Waals surface area (Å²) in [5.74, 6) is 2.69. The smallest absolute Gasteiger partial charge is 0.105 e. The SMILES string of the molecule is CCCNC1CC(C)CC(C)C1n1ccnc1C. The summed E-state index contributed by atoms with van der Waals surface area (Å²) in [6.07, 6.45) is 7.89. The minimum Gasteiger partial charge on any atom is -0.330 e. The van der Waals surface area contributed by atoms with E-state index in [2.05, 4.69) is 48.8 Å². The van der Waals surface area contributed by atoms with Crippen LogP contribution in [-0.2, 0) is 0 Å². The molecule has 1 N–H and O–H groups in total. The molecule has 3 nitrogen and oxygen atoms in total. The fourth-order valence-electron chi connectivity index (χ4n) is 3.54. The van der Waals surface area contributed by atoms with Gasteiger partial charge >= 0.3 is 0 Å². The molecule has 0 bridgehead atoms. The first-order chi connectivity index (χ1) is 8.63. The van der Waals surface area contributed by atoms with Gasteiger partial charge in [-0.1, -0.05) is 20.8 Å². The number of hydrogen-bond acceptors (Lipinski definition) is 2. The van der Waals surface area contributed by atoms with Gasteiger partial charge in [-0.15, -0.1) is 0 Å². The third-order valence-corrected chi connectivity index (χ3v) is 4.27. The van der Waals surface area contributed by atoms with E-state index in [1.165, 1.54) is 19.3 Å². The Kier molecular flexibility index (Phi) is 4.44. The van der Waals surface area contributed by atoms with E-state index in [1.807, 2.05) is 6.20 Å². The van der Waals surface area contributed by atoms with Gasteiger partial charge in [-0.25, -0.2) is 4.98 Å². The summed E-state index contributed by atoms with van der Waals surface area (Å²) in [6.45, 7) is 10.2. The highest BCUT2D eigenvalue weighted by atomic mass is 15.1. The molecule has 0 spiro atoms. The Morgan fingerprint density at radius 1 is 1.39 bits per heavy atom. The lowest BCUT2D eigenvalue weighted by molar-refractivity contribution is 0.152. The molecular weight excluding hydrogens is 222 g/mol. The second-order valence-electron chi connectivity index (χ2n) is 5.99. The van der Waals surface area contributed by atoms with E-state index >= 15 is 0 Å². The summed E-state index contributed by atoms with van der Waals surface area (Å²) in [5.41, 5.74) is 0. The zero-order valence-corrected chi connectivity index (χ0v) is 12.2. The van der Waals surface area contributed by atoms with Gasteiger partial charge in [0.15, 0.2) is 0 Å². The molecule has 1 aromatic heterocycles. The maximum absolute atomic E-state index is 4.40. The molecule has 18 heavy (non-hydrogen) atoms. The highest BCUT2D eigenvalue weighted by molar-refractivity contribution is 5.00. The van der Waals surface area contributed by atoms with Crippen LogP contribution in [0.1, 0.15) is 51.9 Å². The number of aryl methyl sites for hydroxylation is 1. The van der Waals surface area contributed by atoms with Crippen molar-refractivity contribution in [3.05, 3.63) is 18.2 Å². The van der Waals surface area contributed by atoms with Crippen molar-refractivity contribution in [2.45, 2.75) is 59.0 Å². The minimum atomic E-state index is 0.565. The number of rotatable bonds is 4. The topological polar surface area (TPSA) is 29.9 Å². The summed E-state index contributed by atoms with van der Waals surface area (Å²) in [4.78, 5) is 4.40. The summed E-state index contributed by atoms with van der Waals surface area (Å²) in [6, 6.07) is 1.16. The van der Waals surface area contributed by atoms with Gasteiger partial charge in [-0.3, -0.25) is 0 Å². The van der Waals surface area contributed by atoms with E-state index in [0.717, 1.165) is 24.2 Å². The summed E-state index contributed by atoms with van der Waals surface area (Å²) in [7, 11) is 0. The van der Waals surface area contributed by atoms with E-state index < -0.39 is 0 Å². The van der Waals surface area contributed by atoms with Crippen LogP contribution in [0.25, 0.3) is 0 Å². The van der Waals surface area contributed by atoms with Crippen LogP contribution in [0, 0.1) is 18.8 Å². The first-order valence-corrected chi connectivity index (χ1v) is 7.36. The Morgan fingerprint density at radius 2 is 2.17 bits per heavy atom. The van der Waals surface area contributed by atoms with Crippen LogP contribution < -0.4 is 5.32 Å². The first-order valence-electron chi connectivity index (χ1n) is 7.36. The average molecular weight is 249 g/mol. The second kappa shape index (κ2) is 5.87. The fourth-order valence-corrected chi connectivity index (χ4v) is 3.54. The lowest BCUT2D eigenvalue weighted by atomic mass is 9.76. The number of hydrogen-bond donors (Lipinski definition) is 1. The first kappa shape index (κ1) is 13.6. The lowest BCUT2D eigenvalue weighted by Gasteiger charge is -2.41. The van der Waals surface area contributed by atoms with Crippen LogP contribution in [0.15, 0.2) is 12.4 Å². The highest BCUT2D eigenvalue weighted by Gasteiger charge is 2.35. The molecule has 4 unspecified atom stereocenters. The molecule has 1 aliphatic rings. The van der Waals surface area contributed by atoms with E-state index in [9.17, 15) is 0 Å². The molecule has 2 rings (SSSR count). The molecule has 1 aliphatic carbocycles. The molecule has 1 heterocycles. The molecule has 4 atom stereocenters. The molecule has 0 radical (unpaired) electrons. The van der Waals surface area contributed by atoms with Gasteiger partial charge in [0.1, 0.15) is 5.82 Å². The normalized spacial score (nSPS) is 32.7. The summed E-state index contributed by atoms with van der Waals surface area (Å²) in [5, 5.41) is 3.75. The molecule has 0 aromatic carbocycles. The molecule has 0 amide bonds. The monoisotopic (exact) mass is 249 g/mol. The quantitative estimate of drug-likeness (QED) is 0.888. The predicted molar refractivity (Wildman–Crippen MR) is 75.6 cm³/mol. The second-order valence-corrected chi connectivity index (χ2v) is 5.99. The van der Waals surface area contributed by atoms with Crippen molar-refractivity contribution in [3.63, 3.8) is 0 Å². The third kappa shape index (κ3) is 2.77. The van der Waals surface area contributed by atoms with Crippen molar-refractivity contribution in [2.24, 2.45) is 11.8 Å². The number of aromatic nitrogens is 2. The predicted octanol–water partition coefficient (Wildman–Crippen LogP) is 3.17. The Bertz CT molecular complexity index is 372. The van der Waals surface area contributed by atoms with Crippen molar-refractivity contribution in [2.75, 3.05) is 6.54 Å². The van der Waals surface area contributed by atoms with E-state index in [0.29, 0.717) is 12.1 Å². The van der Waals surface area contributed by atoms with Crippen LogP contribution in [0.3, 0.4) is 0 Å². The molecule has 1 saturated carbocycles. The number of nitrogens with zero attached hydrogens (tertiary/aromatic N) is 2. The van der Waals surface area contributed by atoms with Crippen LogP contribution >= 0.6 is 0 Å². The number of nitrogens with one attached hydrogen (secondary N) is 1. The average Bonchev–Trinajstić information content (AvgIpc) is 2.72. The van der Waals surface area contributed by atoms with Crippen molar-refractivity contribution in [3.8, 4) is 0 Å². The van der Waals surface area contributed by atoms with Gasteiger partial charge in [0, 0.05) is 18.4 Å². The molecule has 1 aromatic rings. The molecule has 102 valence electrons. The van der Waals surface area contributed by atoms with Crippen LogP contribution in [0.2, 0.25) is 0 Å². The zero-order valence-electron chi connectivity index (χ0n) is 12.2. The Balaban J connectivity index is 2.19. The van der Waals surface area contributed by atoms with Crippen molar-refractivity contribution in [1.29, 1.82) is 0 Å². The van der Waals surface area contributed by atoms with Gasteiger partial charge in [-0.05, 0) is 44.6 Å².